The van der Waals surface area contributed by atoms with E-state index in [2.05, 4.69) is 10.1 Å². The molecule has 0 radical (unpaired) electrons. The van der Waals surface area contributed by atoms with E-state index in [0.29, 0.717) is 11.3 Å². The van der Waals surface area contributed by atoms with E-state index < -0.39 is 12.5 Å². The smallest absolute Gasteiger partial charge is 0.387 e. The Morgan fingerprint density at radius 1 is 1.07 bits per heavy atom. The van der Waals surface area contributed by atoms with Crippen LogP contribution < -0.4 is 10.1 Å². The van der Waals surface area contributed by atoms with Crippen molar-refractivity contribution in [2.75, 3.05) is 5.32 Å². The van der Waals surface area contributed by atoms with Crippen molar-refractivity contribution in [3.8, 4) is 5.75 Å². The molecule has 1 aliphatic rings. The molecule has 2 aromatic rings. The number of hydrogen-bond acceptors (Lipinski definition) is 4. The van der Waals surface area contributed by atoms with E-state index in [9.17, 15) is 23.2 Å². The van der Waals surface area contributed by atoms with Crippen LogP contribution in [0.3, 0.4) is 0 Å². The van der Waals surface area contributed by atoms with E-state index in [1.807, 2.05) is 0 Å². The summed E-state index contributed by atoms with van der Waals surface area (Å²) in [5.41, 5.74) is 1.62. The second-order valence-corrected chi connectivity index (χ2v) is 6.31. The van der Waals surface area contributed by atoms with Gasteiger partial charge in [0.15, 0.2) is 0 Å². The molecule has 1 fully saturated rings. The zero-order valence-corrected chi connectivity index (χ0v) is 15.3. The molecule has 1 N–H and O–H groups in total. The molecule has 2 aromatic carbocycles. The summed E-state index contributed by atoms with van der Waals surface area (Å²) < 4.78 is 29.3. The quantitative estimate of drug-likeness (QED) is 0.569. The van der Waals surface area contributed by atoms with E-state index in [1.54, 1.807) is 42.5 Å². The molecule has 1 heterocycles. The largest absolute Gasteiger partial charge is 0.434 e. The van der Waals surface area contributed by atoms with Crippen molar-refractivity contribution in [3.63, 3.8) is 0 Å². The summed E-state index contributed by atoms with van der Waals surface area (Å²) in [5.74, 6) is -0.848. The van der Waals surface area contributed by atoms with Crippen molar-refractivity contribution >= 4 is 29.5 Å². The van der Waals surface area contributed by atoms with Crippen molar-refractivity contribution in [2.24, 2.45) is 0 Å². The third kappa shape index (κ3) is 5.47. The first-order valence-electron chi connectivity index (χ1n) is 8.87. The van der Waals surface area contributed by atoms with Gasteiger partial charge in [0.1, 0.15) is 5.75 Å². The molecule has 1 saturated heterocycles. The number of carbonyl (C=O) groups excluding carboxylic acids is 3. The Hall–Kier alpha value is -3.55. The molecule has 29 heavy (non-hydrogen) atoms. The van der Waals surface area contributed by atoms with Gasteiger partial charge in [0.25, 0.3) is 0 Å². The number of para-hydroxylation sites is 1. The first kappa shape index (κ1) is 20.2. The molecule has 0 aliphatic carbocycles. The van der Waals surface area contributed by atoms with Crippen LogP contribution in [0, 0.1) is 0 Å². The topological polar surface area (TPSA) is 75.7 Å². The number of nitrogens with one attached hydrogen (secondary N) is 1. The van der Waals surface area contributed by atoms with Gasteiger partial charge in [0.2, 0.25) is 17.7 Å². The number of anilines is 1. The molecule has 0 aromatic heterocycles. The zero-order chi connectivity index (χ0) is 20.8. The lowest BCUT2D eigenvalue weighted by molar-refractivity contribution is -0.139. The van der Waals surface area contributed by atoms with Crippen LogP contribution in [-0.2, 0) is 20.9 Å². The van der Waals surface area contributed by atoms with Gasteiger partial charge < -0.3 is 10.1 Å². The van der Waals surface area contributed by atoms with Gasteiger partial charge in [-0.3, -0.25) is 19.3 Å². The third-order valence-electron chi connectivity index (χ3n) is 4.27. The molecular formula is C21H18F2N2O4. The fraction of sp³-hybridized carbons (Fsp3) is 0.190. The fourth-order valence-corrected chi connectivity index (χ4v) is 2.85. The molecular weight excluding hydrogens is 382 g/mol. The highest BCUT2D eigenvalue weighted by Gasteiger charge is 2.28. The van der Waals surface area contributed by atoms with Crippen LogP contribution in [-0.4, -0.2) is 29.2 Å². The number of nitrogens with zero attached hydrogens (tertiary/aromatic N) is 1. The van der Waals surface area contributed by atoms with Crippen LogP contribution in [0.2, 0.25) is 0 Å². The van der Waals surface area contributed by atoms with Crippen LogP contribution in [0.15, 0.2) is 54.6 Å². The van der Waals surface area contributed by atoms with E-state index in [0.717, 1.165) is 5.56 Å². The first-order chi connectivity index (χ1) is 13.9. The van der Waals surface area contributed by atoms with Gasteiger partial charge in [-0.1, -0.05) is 30.3 Å². The third-order valence-corrected chi connectivity index (χ3v) is 4.27. The minimum atomic E-state index is -2.96. The Morgan fingerprint density at radius 2 is 1.72 bits per heavy atom. The number of rotatable bonds is 7. The van der Waals surface area contributed by atoms with Crippen LogP contribution >= 0.6 is 0 Å². The van der Waals surface area contributed by atoms with Crippen molar-refractivity contribution in [3.05, 3.63) is 65.7 Å². The highest BCUT2D eigenvalue weighted by Crippen LogP contribution is 2.22. The second kappa shape index (κ2) is 9.09. The molecule has 0 bridgehead atoms. The van der Waals surface area contributed by atoms with Gasteiger partial charge in [0, 0.05) is 30.2 Å². The summed E-state index contributed by atoms with van der Waals surface area (Å²) in [6.07, 6.45) is 3.07. The maximum Gasteiger partial charge on any atom is 0.387 e. The summed E-state index contributed by atoms with van der Waals surface area (Å²) in [6, 6.07) is 12.9. The normalized spacial score (nSPS) is 14.1. The highest BCUT2D eigenvalue weighted by atomic mass is 19.3. The lowest BCUT2D eigenvalue weighted by atomic mass is 10.1. The molecule has 0 spiro atoms. The van der Waals surface area contributed by atoms with Crippen LogP contribution in [0.25, 0.3) is 6.08 Å². The highest BCUT2D eigenvalue weighted by molar-refractivity contribution is 6.02. The SMILES string of the molecule is O=C(/C=C/c1ccccc1OC(F)F)Nc1ccc(CN2C(=O)CCC2=O)cc1. The number of ether oxygens (including phenoxy) is 1. The summed E-state index contributed by atoms with van der Waals surface area (Å²) >= 11 is 0. The number of alkyl halides is 2. The Labute approximate surface area is 165 Å². The molecule has 0 unspecified atom stereocenters. The lowest BCUT2D eigenvalue weighted by Gasteiger charge is -2.14. The molecule has 3 amide bonds. The van der Waals surface area contributed by atoms with Gasteiger partial charge >= 0.3 is 6.61 Å². The van der Waals surface area contributed by atoms with Gasteiger partial charge in [0.05, 0.1) is 6.54 Å². The number of benzene rings is 2. The predicted molar refractivity (Wildman–Crippen MR) is 102 cm³/mol. The molecule has 6 nitrogen and oxygen atoms in total. The Kier molecular flexibility index (Phi) is 6.33. The number of halogens is 2. The number of hydrogen-bond donors (Lipinski definition) is 1. The van der Waals surface area contributed by atoms with Crippen LogP contribution in [0.4, 0.5) is 14.5 Å². The van der Waals surface area contributed by atoms with Gasteiger partial charge in [-0.05, 0) is 29.8 Å². The summed E-state index contributed by atoms with van der Waals surface area (Å²) in [6.45, 7) is -2.75. The van der Waals surface area contributed by atoms with Crippen molar-refractivity contribution in [1.82, 2.24) is 4.90 Å². The van der Waals surface area contributed by atoms with Gasteiger partial charge in [-0.2, -0.15) is 8.78 Å². The van der Waals surface area contributed by atoms with E-state index in [4.69, 9.17) is 0 Å². The zero-order valence-electron chi connectivity index (χ0n) is 15.3. The van der Waals surface area contributed by atoms with E-state index >= 15 is 0 Å². The molecule has 8 heteroatoms. The minimum Gasteiger partial charge on any atom is -0.434 e. The monoisotopic (exact) mass is 400 g/mol. The van der Waals surface area contributed by atoms with Crippen LogP contribution in [0.1, 0.15) is 24.0 Å². The van der Waals surface area contributed by atoms with E-state index in [-0.39, 0.29) is 37.0 Å². The fourth-order valence-electron chi connectivity index (χ4n) is 2.85. The summed E-state index contributed by atoms with van der Waals surface area (Å²) in [4.78, 5) is 36.6. The molecule has 150 valence electrons. The average Bonchev–Trinajstić information content (AvgIpc) is 3.00. The summed E-state index contributed by atoms with van der Waals surface area (Å²) in [5, 5.41) is 2.65. The van der Waals surface area contributed by atoms with Gasteiger partial charge in [-0.15, -0.1) is 0 Å². The maximum atomic E-state index is 12.4. The number of imide groups is 1. The summed E-state index contributed by atoms with van der Waals surface area (Å²) in [7, 11) is 0. The lowest BCUT2D eigenvalue weighted by Crippen LogP contribution is -2.28. The molecule has 0 saturated carbocycles. The molecule has 1 aliphatic heterocycles. The Bertz CT molecular complexity index is 926. The standard InChI is InChI=1S/C21H18F2N2O4/c22-21(23)29-17-4-2-1-3-15(17)7-10-18(26)24-16-8-5-14(6-9-16)13-25-19(27)11-12-20(25)28/h1-10,21H,11-13H2,(H,24,26)/b10-7+. The second-order valence-electron chi connectivity index (χ2n) is 6.31. The first-order valence-corrected chi connectivity index (χ1v) is 8.87. The number of likely N-dealkylation sites (tertiary alicyclic amines) is 1. The van der Waals surface area contributed by atoms with Crippen molar-refractivity contribution in [2.45, 2.75) is 26.0 Å². The van der Waals surface area contributed by atoms with Crippen molar-refractivity contribution in [1.29, 1.82) is 0 Å². The average molecular weight is 400 g/mol. The Balaban J connectivity index is 1.59. The van der Waals surface area contributed by atoms with Crippen molar-refractivity contribution < 1.29 is 27.9 Å². The maximum absolute atomic E-state index is 12.4. The van der Waals surface area contributed by atoms with Crippen LogP contribution in [0.5, 0.6) is 5.75 Å². The van der Waals surface area contributed by atoms with Gasteiger partial charge in [-0.25, -0.2) is 0 Å². The predicted octanol–water partition coefficient (Wildman–Crippen LogP) is 3.59. The molecule has 3 rings (SSSR count). The number of carbonyl (C=O) groups is 3. The molecule has 0 atom stereocenters. The van der Waals surface area contributed by atoms with E-state index in [1.165, 1.54) is 23.1 Å². The minimum absolute atomic E-state index is 0.0260. The Morgan fingerprint density at radius 3 is 2.38 bits per heavy atom. The number of amides is 3.